The molecule has 8 nitrogen and oxygen atoms in total. The van der Waals surface area contributed by atoms with Crippen LogP contribution in [0.25, 0.3) is 0 Å². The number of carbonyl (C=O) groups excluding carboxylic acids is 2. The number of rotatable bonds is 7. The predicted molar refractivity (Wildman–Crippen MR) is 101 cm³/mol. The molecule has 2 aliphatic heterocycles. The third kappa shape index (κ3) is 4.22. The van der Waals surface area contributed by atoms with Gasteiger partial charge in [-0.2, -0.15) is 0 Å². The minimum Gasteiger partial charge on any atom is -0.493 e. The number of carbonyl (C=O) groups is 2. The van der Waals surface area contributed by atoms with E-state index < -0.39 is 18.0 Å². The molecule has 3 rings (SSSR count). The van der Waals surface area contributed by atoms with Gasteiger partial charge < -0.3 is 29.6 Å². The van der Waals surface area contributed by atoms with E-state index in [1.54, 1.807) is 32.2 Å². The van der Waals surface area contributed by atoms with Crippen LogP contribution in [0.5, 0.6) is 11.5 Å². The summed E-state index contributed by atoms with van der Waals surface area (Å²) in [6.07, 6.45) is 1.75. The molecule has 2 aliphatic rings. The first kappa shape index (κ1) is 20.0. The van der Waals surface area contributed by atoms with Crippen molar-refractivity contribution >= 4 is 12.0 Å². The molecule has 0 unspecified atom stereocenters. The molecule has 28 heavy (non-hydrogen) atoms. The van der Waals surface area contributed by atoms with E-state index in [9.17, 15) is 9.59 Å². The van der Waals surface area contributed by atoms with E-state index >= 15 is 0 Å². The van der Waals surface area contributed by atoms with Crippen molar-refractivity contribution in [2.24, 2.45) is 0 Å². The molecule has 152 valence electrons. The molecule has 1 aromatic rings. The topological polar surface area (TPSA) is 95.1 Å². The number of hydrogen-bond donors (Lipinski definition) is 2. The Hall–Kier alpha value is -2.74. The van der Waals surface area contributed by atoms with Gasteiger partial charge in [-0.25, -0.2) is 9.59 Å². The highest BCUT2D eigenvalue weighted by atomic mass is 16.6. The monoisotopic (exact) mass is 390 g/mol. The molecular formula is C20H26N2O6. The Bertz CT molecular complexity index is 770. The van der Waals surface area contributed by atoms with E-state index in [1.807, 2.05) is 6.92 Å². The van der Waals surface area contributed by atoms with E-state index in [4.69, 9.17) is 18.9 Å². The van der Waals surface area contributed by atoms with Crippen LogP contribution < -0.4 is 20.1 Å². The second-order valence-corrected chi connectivity index (χ2v) is 6.62. The second-order valence-electron chi connectivity index (χ2n) is 6.62. The first-order valence-corrected chi connectivity index (χ1v) is 9.41. The Balaban J connectivity index is 1.92. The summed E-state index contributed by atoms with van der Waals surface area (Å²) in [7, 11) is 1.54. The summed E-state index contributed by atoms with van der Waals surface area (Å²) in [5.41, 5.74) is 1.39. The van der Waals surface area contributed by atoms with Crippen molar-refractivity contribution in [3.05, 3.63) is 35.0 Å². The highest BCUT2D eigenvalue weighted by Crippen LogP contribution is 2.39. The van der Waals surface area contributed by atoms with E-state index in [0.717, 1.165) is 12.8 Å². The van der Waals surface area contributed by atoms with Gasteiger partial charge >= 0.3 is 12.0 Å². The molecule has 0 aliphatic carbocycles. The maximum Gasteiger partial charge on any atom is 0.338 e. The zero-order chi connectivity index (χ0) is 20.1. The van der Waals surface area contributed by atoms with Gasteiger partial charge in [0.05, 0.1) is 31.4 Å². The Morgan fingerprint density at radius 2 is 2.18 bits per heavy atom. The smallest absolute Gasteiger partial charge is 0.338 e. The molecule has 2 atom stereocenters. The molecule has 0 radical (unpaired) electrons. The first-order valence-electron chi connectivity index (χ1n) is 9.41. The van der Waals surface area contributed by atoms with Crippen LogP contribution in [-0.4, -0.2) is 45.0 Å². The van der Waals surface area contributed by atoms with Crippen LogP contribution in [0.4, 0.5) is 4.79 Å². The third-order valence-corrected chi connectivity index (χ3v) is 4.74. The maximum atomic E-state index is 12.9. The van der Waals surface area contributed by atoms with Crippen LogP contribution in [0.2, 0.25) is 0 Å². The number of para-hydroxylation sites is 1. The average Bonchev–Trinajstić information content (AvgIpc) is 3.19. The fraction of sp³-hybridized carbons (Fsp3) is 0.500. The van der Waals surface area contributed by atoms with Crippen LogP contribution in [0.3, 0.4) is 0 Å². The average molecular weight is 390 g/mol. The van der Waals surface area contributed by atoms with Crippen molar-refractivity contribution in [1.82, 2.24) is 10.6 Å². The second kappa shape index (κ2) is 8.97. The number of ether oxygens (including phenoxy) is 4. The van der Waals surface area contributed by atoms with Gasteiger partial charge in [-0.05, 0) is 32.8 Å². The SMILES string of the molecule is CCOc1c(OC)cccc1[C@@H]1NC(=O)NC(C)=C1C(=O)OC[C@@H]1CCCO1. The van der Waals surface area contributed by atoms with E-state index in [0.29, 0.717) is 41.5 Å². The fourth-order valence-corrected chi connectivity index (χ4v) is 3.44. The van der Waals surface area contributed by atoms with Crippen LogP contribution in [-0.2, 0) is 14.3 Å². The number of allylic oxidation sites excluding steroid dienone is 1. The lowest BCUT2D eigenvalue weighted by Gasteiger charge is -2.29. The third-order valence-electron chi connectivity index (χ3n) is 4.74. The van der Waals surface area contributed by atoms with Gasteiger partial charge in [-0.3, -0.25) is 0 Å². The molecule has 0 saturated carbocycles. The normalized spacial score (nSPS) is 21.8. The standard InChI is InChI=1S/C20H26N2O6/c1-4-26-18-14(8-5-9-15(18)25-3)17-16(12(2)21-20(24)22-17)19(23)28-11-13-7-6-10-27-13/h5,8-9,13,17H,4,6-7,10-11H2,1-3H3,(H2,21,22,24)/t13-,17-/m0/s1. The number of nitrogens with one attached hydrogen (secondary N) is 2. The Kier molecular flexibility index (Phi) is 6.41. The van der Waals surface area contributed by atoms with Crippen LogP contribution >= 0.6 is 0 Å². The highest BCUT2D eigenvalue weighted by molar-refractivity contribution is 5.95. The van der Waals surface area contributed by atoms with Crippen molar-refractivity contribution in [2.45, 2.75) is 38.8 Å². The summed E-state index contributed by atoms with van der Waals surface area (Å²) in [5, 5.41) is 5.44. The molecule has 0 aromatic heterocycles. The molecule has 2 N–H and O–H groups in total. The number of hydrogen-bond acceptors (Lipinski definition) is 6. The lowest BCUT2D eigenvalue weighted by Crippen LogP contribution is -2.45. The molecule has 1 aromatic carbocycles. The molecular weight excluding hydrogens is 364 g/mol. The van der Waals surface area contributed by atoms with Crippen LogP contribution in [0.15, 0.2) is 29.5 Å². The Morgan fingerprint density at radius 3 is 2.86 bits per heavy atom. The zero-order valence-corrected chi connectivity index (χ0v) is 16.4. The molecule has 2 heterocycles. The van der Waals surface area contributed by atoms with Crippen molar-refractivity contribution in [3.8, 4) is 11.5 Å². The lowest BCUT2D eigenvalue weighted by atomic mass is 9.94. The zero-order valence-electron chi connectivity index (χ0n) is 16.4. The van der Waals surface area contributed by atoms with Crippen LogP contribution in [0.1, 0.15) is 38.3 Å². The summed E-state index contributed by atoms with van der Waals surface area (Å²) >= 11 is 0. The summed E-state index contributed by atoms with van der Waals surface area (Å²) in [6.45, 7) is 4.82. The van der Waals surface area contributed by atoms with Gasteiger partial charge in [0.15, 0.2) is 11.5 Å². The summed E-state index contributed by atoms with van der Waals surface area (Å²) in [6, 6.07) is 4.23. The number of amides is 2. The van der Waals surface area contributed by atoms with Gasteiger partial charge in [-0.1, -0.05) is 12.1 Å². The largest absolute Gasteiger partial charge is 0.493 e. The van der Waals surface area contributed by atoms with E-state index in [1.165, 1.54) is 0 Å². The minimum absolute atomic E-state index is 0.0785. The van der Waals surface area contributed by atoms with Crippen molar-refractivity contribution in [2.75, 3.05) is 26.9 Å². The highest BCUT2D eigenvalue weighted by Gasteiger charge is 2.35. The van der Waals surface area contributed by atoms with E-state index in [2.05, 4.69) is 10.6 Å². The quantitative estimate of drug-likeness (QED) is 0.695. The van der Waals surface area contributed by atoms with Crippen molar-refractivity contribution in [1.29, 1.82) is 0 Å². The molecule has 1 saturated heterocycles. The van der Waals surface area contributed by atoms with Gasteiger partial charge in [0, 0.05) is 17.9 Å². The molecule has 0 spiro atoms. The molecule has 2 amide bonds. The summed E-state index contributed by atoms with van der Waals surface area (Å²) < 4.78 is 22.2. The maximum absolute atomic E-state index is 12.9. The number of methoxy groups -OCH3 is 1. The molecule has 8 heteroatoms. The van der Waals surface area contributed by atoms with Gasteiger partial charge in [-0.15, -0.1) is 0 Å². The fourth-order valence-electron chi connectivity index (χ4n) is 3.44. The van der Waals surface area contributed by atoms with Gasteiger partial charge in [0.2, 0.25) is 0 Å². The Labute approximate surface area is 164 Å². The van der Waals surface area contributed by atoms with Crippen LogP contribution in [0, 0.1) is 0 Å². The number of esters is 1. The Morgan fingerprint density at radius 1 is 1.36 bits per heavy atom. The lowest BCUT2D eigenvalue weighted by molar-refractivity contribution is -0.142. The molecule has 1 fully saturated rings. The van der Waals surface area contributed by atoms with Crippen molar-refractivity contribution < 1.29 is 28.5 Å². The summed E-state index contributed by atoms with van der Waals surface area (Å²) in [5.74, 6) is 0.504. The number of benzene rings is 1. The predicted octanol–water partition coefficient (Wildman–Crippen LogP) is 2.44. The first-order chi connectivity index (χ1) is 13.5. The molecule has 0 bridgehead atoms. The van der Waals surface area contributed by atoms with E-state index in [-0.39, 0.29) is 12.7 Å². The van der Waals surface area contributed by atoms with Crippen molar-refractivity contribution in [3.63, 3.8) is 0 Å². The van der Waals surface area contributed by atoms with Gasteiger partial charge in [0.25, 0.3) is 0 Å². The number of urea groups is 1. The minimum atomic E-state index is -0.720. The van der Waals surface area contributed by atoms with Gasteiger partial charge in [0.1, 0.15) is 6.61 Å². The summed E-state index contributed by atoms with van der Waals surface area (Å²) in [4.78, 5) is 25.0.